The lowest BCUT2D eigenvalue weighted by molar-refractivity contribution is -0.174. The predicted molar refractivity (Wildman–Crippen MR) is 50.5 cm³/mol. The molecule has 2 atom stereocenters. The molecule has 1 aliphatic rings. The second-order valence-electron chi connectivity index (χ2n) is 4.38. The number of aliphatic hydroxyl groups excluding tert-OH is 1. The van der Waals surface area contributed by atoms with Gasteiger partial charge in [0.25, 0.3) is 0 Å². The van der Waals surface area contributed by atoms with E-state index in [1.165, 1.54) is 7.11 Å². The van der Waals surface area contributed by atoms with Crippen molar-refractivity contribution < 1.29 is 19.7 Å². The molecular weight excluding hydrogens is 184 g/mol. The monoisotopic (exact) mass is 202 g/mol. The van der Waals surface area contributed by atoms with Crippen molar-refractivity contribution in [2.75, 3.05) is 7.11 Å². The lowest BCUT2D eigenvalue weighted by atomic mass is 9.72. The molecule has 0 amide bonds. The Morgan fingerprint density at radius 2 is 1.79 bits per heavy atom. The van der Waals surface area contributed by atoms with Gasteiger partial charge in [0.2, 0.25) is 0 Å². The summed E-state index contributed by atoms with van der Waals surface area (Å²) in [6.45, 7) is 3.66. The minimum absolute atomic E-state index is 0.0807. The van der Waals surface area contributed by atoms with Crippen molar-refractivity contribution in [3.8, 4) is 0 Å². The third kappa shape index (κ3) is 1.91. The van der Waals surface area contributed by atoms with Crippen LogP contribution in [-0.4, -0.2) is 35.0 Å². The van der Waals surface area contributed by atoms with Gasteiger partial charge in [0.05, 0.1) is 13.2 Å². The summed E-state index contributed by atoms with van der Waals surface area (Å²) in [5.74, 6) is -0.756. The van der Waals surface area contributed by atoms with Crippen LogP contribution in [0.15, 0.2) is 0 Å². The van der Waals surface area contributed by atoms with Gasteiger partial charge in [0.15, 0.2) is 5.60 Å². The van der Waals surface area contributed by atoms with Gasteiger partial charge in [-0.3, -0.25) is 0 Å². The minimum atomic E-state index is -1.41. The Hall–Kier alpha value is -0.610. The van der Waals surface area contributed by atoms with Crippen LogP contribution in [0.2, 0.25) is 0 Å². The molecule has 0 bridgehead atoms. The molecule has 0 radical (unpaired) electrons. The van der Waals surface area contributed by atoms with Gasteiger partial charge in [-0.2, -0.15) is 0 Å². The lowest BCUT2D eigenvalue weighted by Gasteiger charge is -2.39. The van der Waals surface area contributed by atoms with Crippen molar-refractivity contribution in [2.24, 2.45) is 11.8 Å². The van der Waals surface area contributed by atoms with E-state index in [1.54, 1.807) is 0 Å². The van der Waals surface area contributed by atoms with Crippen LogP contribution >= 0.6 is 0 Å². The predicted octanol–water partition coefficient (Wildman–Crippen LogP) is 0.317. The van der Waals surface area contributed by atoms with Crippen LogP contribution in [-0.2, 0) is 9.53 Å². The maximum absolute atomic E-state index is 11.3. The molecule has 0 spiro atoms. The van der Waals surface area contributed by atoms with Gasteiger partial charge in [-0.1, -0.05) is 13.8 Å². The number of hydrogen-bond acceptors (Lipinski definition) is 4. The van der Waals surface area contributed by atoms with Gasteiger partial charge < -0.3 is 14.9 Å². The van der Waals surface area contributed by atoms with Crippen LogP contribution in [0, 0.1) is 11.8 Å². The van der Waals surface area contributed by atoms with Gasteiger partial charge in [0, 0.05) is 0 Å². The zero-order valence-corrected chi connectivity index (χ0v) is 8.86. The number of hydrogen-bond donors (Lipinski definition) is 2. The van der Waals surface area contributed by atoms with Gasteiger partial charge in [-0.05, 0) is 24.7 Å². The van der Waals surface area contributed by atoms with Crippen LogP contribution in [0.3, 0.4) is 0 Å². The number of carbonyl (C=O) groups is 1. The molecule has 0 aliphatic heterocycles. The van der Waals surface area contributed by atoms with E-state index in [0.29, 0.717) is 0 Å². The molecule has 0 aromatic rings. The summed E-state index contributed by atoms with van der Waals surface area (Å²) in [5, 5.41) is 19.7. The molecule has 0 aromatic heterocycles. The Bertz CT molecular complexity index is 214. The molecule has 0 saturated heterocycles. The van der Waals surface area contributed by atoms with Crippen molar-refractivity contribution in [2.45, 2.75) is 38.4 Å². The van der Waals surface area contributed by atoms with Gasteiger partial charge in [-0.15, -0.1) is 0 Å². The topological polar surface area (TPSA) is 66.8 Å². The first-order valence-electron chi connectivity index (χ1n) is 4.89. The summed E-state index contributed by atoms with van der Waals surface area (Å²) in [6, 6.07) is 0. The molecular formula is C10H18O4. The molecule has 1 saturated carbocycles. The Balaban J connectivity index is 2.78. The first-order valence-corrected chi connectivity index (χ1v) is 4.89. The average Bonchev–Trinajstić information content (AvgIpc) is 2.12. The number of carbonyl (C=O) groups excluding carboxylic acids is 1. The summed E-state index contributed by atoms with van der Waals surface area (Å²) in [5.41, 5.74) is -1.41. The van der Waals surface area contributed by atoms with Crippen molar-refractivity contribution in [3.63, 3.8) is 0 Å². The SMILES string of the molecule is COC(=O)[C@]1(O)C[C@@H](C)[C@@H](O)[C@H](C)C1. The van der Waals surface area contributed by atoms with Crippen LogP contribution in [0.5, 0.6) is 0 Å². The molecule has 1 fully saturated rings. The molecule has 14 heavy (non-hydrogen) atoms. The molecule has 0 aromatic carbocycles. The van der Waals surface area contributed by atoms with E-state index in [9.17, 15) is 15.0 Å². The fraction of sp³-hybridized carbons (Fsp3) is 0.900. The van der Waals surface area contributed by atoms with Crippen molar-refractivity contribution in [1.82, 2.24) is 0 Å². The highest BCUT2D eigenvalue weighted by Gasteiger charge is 2.46. The number of esters is 1. The number of ether oxygens (including phenoxy) is 1. The molecule has 4 heteroatoms. The van der Waals surface area contributed by atoms with E-state index >= 15 is 0 Å². The van der Waals surface area contributed by atoms with Crippen LogP contribution in [0.25, 0.3) is 0 Å². The third-order valence-corrected chi connectivity index (χ3v) is 3.05. The largest absolute Gasteiger partial charge is 0.467 e. The van der Waals surface area contributed by atoms with E-state index in [0.717, 1.165) is 0 Å². The van der Waals surface area contributed by atoms with E-state index in [2.05, 4.69) is 4.74 Å². The smallest absolute Gasteiger partial charge is 0.337 e. The Morgan fingerprint density at radius 1 is 1.36 bits per heavy atom. The van der Waals surface area contributed by atoms with Crippen LogP contribution in [0.4, 0.5) is 0 Å². The second-order valence-corrected chi connectivity index (χ2v) is 4.38. The van der Waals surface area contributed by atoms with Crippen molar-refractivity contribution in [1.29, 1.82) is 0 Å². The molecule has 1 rings (SSSR count). The normalized spacial score (nSPS) is 43.4. The van der Waals surface area contributed by atoms with Crippen LogP contribution in [0.1, 0.15) is 26.7 Å². The summed E-state index contributed by atoms with van der Waals surface area (Å²) < 4.78 is 4.55. The van der Waals surface area contributed by atoms with E-state index < -0.39 is 17.7 Å². The first-order chi connectivity index (χ1) is 6.40. The van der Waals surface area contributed by atoms with E-state index in [-0.39, 0.29) is 24.7 Å². The van der Waals surface area contributed by atoms with E-state index in [4.69, 9.17) is 0 Å². The standard InChI is InChI=1S/C10H18O4/c1-6-4-10(13,9(12)14-3)5-7(2)8(6)11/h6-8,11,13H,4-5H2,1-3H3/t6-,7-,8-,10+/m1/s1. The Labute approximate surface area is 83.9 Å². The maximum atomic E-state index is 11.3. The Morgan fingerprint density at radius 3 is 2.14 bits per heavy atom. The van der Waals surface area contributed by atoms with Gasteiger partial charge >= 0.3 is 5.97 Å². The molecule has 82 valence electrons. The summed E-state index contributed by atoms with van der Waals surface area (Å²) in [4.78, 5) is 11.3. The zero-order chi connectivity index (χ0) is 10.9. The van der Waals surface area contributed by atoms with Gasteiger partial charge in [-0.25, -0.2) is 4.79 Å². The quantitative estimate of drug-likeness (QED) is 0.601. The summed E-state index contributed by atoms with van der Waals surface area (Å²) in [6.07, 6.45) is 0.0935. The number of aliphatic hydroxyl groups is 2. The summed E-state index contributed by atoms with van der Waals surface area (Å²) in [7, 11) is 1.26. The fourth-order valence-electron chi connectivity index (χ4n) is 2.31. The molecule has 0 heterocycles. The Kier molecular flexibility index (Phi) is 3.17. The number of rotatable bonds is 1. The fourth-order valence-corrected chi connectivity index (χ4v) is 2.31. The number of methoxy groups -OCH3 is 1. The highest BCUT2D eigenvalue weighted by atomic mass is 16.5. The minimum Gasteiger partial charge on any atom is -0.467 e. The molecule has 4 nitrogen and oxygen atoms in total. The summed E-state index contributed by atoms with van der Waals surface area (Å²) >= 11 is 0. The van der Waals surface area contributed by atoms with Gasteiger partial charge in [0.1, 0.15) is 0 Å². The first kappa shape index (κ1) is 11.5. The van der Waals surface area contributed by atoms with E-state index in [1.807, 2.05) is 13.8 Å². The average molecular weight is 202 g/mol. The van der Waals surface area contributed by atoms with Crippen molar-refractivity contribution >= 4 is 5.97 Å². The third-order valence-electron chi connectivity index (χ3n) is 3.05. The van der Waals surface area contributed by atoms with Crippen LogP contribution < -0.4 is 0 Å². The highest BCUT2D eigenvalue weighted by molar-refractivity contribution is 5.79. The zero-order valence-electron chi connectivity index (χ0n) is 8.86. The maximum Gasteiger partial charge on any atom is 0.337 e. The second kappa shape index (κ2) is 3.87. The van der Waals surface area contributed by atoms with Crippen molar-refractivity contribution in [3.05, 3.63) is 0 Å². The highest BCUT2D eigenvalue weighted by Crippen LogP contribution is 2.36. The molecule has 1 aliphatic carbocycles. The molecule has 0 unspecified atom stereocenters. The molecule has 2 N–H and O–H groups in total. The lowest BCUT2D eigenvalue weighted by Crippen LogP contribution is -2.50.